The summed E-state index contributed by atoms with van der Waals surface area (Å²) < 4.78 is 5.59. The van der Waals surface area contributed by atoms with Gasteiger partial charge in [0.2, 0.25) is 0 Å². The van der Waals surface area contributed by atoms with Crippen LogP contribution in [0, 0.1) is 0 Å². The van der Waals surface area contributed by atoms with Gasteiger partial charge >= 0.3 is 0 Å². The Labute approximate surface area is 175 Å². The van der Waals surface area contributed by atoms with Crippen molar-refractivity contribution in [2.24, 2.45) is 0 Å². The van der Waals surface area contributed by atoms with E-state index >= 15 is 0 Å². The van der Waals surface area contributed by atoms with E-state index in [0.29, 0.717) is 17.3 Å². The molecular formula is C21H24ClN5O2. The molecule has 0 aliphatic carbocycles. The molecule has 1 aliphatic heterocycles. The molecule has 1 fully saturated rings. The molecule has 2 N–H and O–H groups in total. The largest absolute Gasteiger partial charge is 0.337 e. The normalized spacial score (nSPS) is 17.9. The van der Waals surface area contributed by atoms with E-state index in [-0.39, 0.29) is 24.4 Å². The number of nitrogens with one attached hydrogen (secondary N) is 2. The minimum absolute atomic E-state index is 0. The van der Waals surface area contributed by atoms with E-state index < -0.39 is 6.04 Å². The molecule has 2 heterocycles. The van der Waals surface area contributed by atoms with Gasteiger partial charge in [-0.1, -0.05) is 53.7 Å². The maximum Gasteiger partial charge on any atom is 0.253 e. The SMILES string of the molecule is CN1CCNCC1c1noc(C(NC(=O)c2ccccc2)c2ccccc2)n1.Cl. The van der Waals surface area contributed by atoms with Crippen LogP contribution in [0.2, 0.25) is 0 Å². The monoisotopic (exact) mass is 413 g/mol. The molecule has 1 amide bonds. The molecule has 2 unspecified atom stereocenters. The molecular weight excluding hydrogens is 390 g/mol. The lowest BCUT2D eigenvalue weighted by Crippen LogP contribution is -2.44. The minimum Gasteiger partial charge on any atom is -0.337 e. The highest BCUT2D eigenvalue weighted by atomic mass is 35.5. The molecule has 2 aromatic carbocycles. The van der Waals surface area contributed by atoms with Crippen LogP contribution in [0.1, 0.15) is 39.7 Å². The highest BCUT2D eigenvalue weighted by molar-refractivity contribution is 5.94. The summed E-state index contributed by atoms with van der Waals surface area (Å²) in [6.45, 7) is 2.63. The van der Waals surface area contributed by atoms with Gasteiger partial charge < -0.3 is 15.2 Å². The predicted octanol–water partition coefficient (Wildman–Crippen LogP) is 2.59. The van der Waals surface area contributed by atoms with Crippen LogP contribution in [0.4, 0.5) is 0 Å². The van der Waals surface area contributed by atoms with Crippen LogP contribution in [-0.2, 0) is 0 Å². The first kappa shape index (κ1) is 21.0. The third-order valence-electron chi connectivity index (χ3n) is 4.96. The van der Waals surface area contributed by atoms with Crippen molar-refractivity contribution >= 4 is 18.3 Å². The fourth-order valence-electron chi connectivity index (χ4n) is 3.33. The first-order valence-electron chi connectivity index (χ1n) is 9.37. The number of likely N-dealkylation sites (N-methyl/N-ethyl adjacent to an activating group) is 1. The van der Waals surface area contributed by atoms with Gasteiger partial charge in [0.05, 0.1) is 6.04 Å². The number of piperazine rings is 1. The number of aromatic nitrogens is 2. The third kappa shape index (κ3) is 4.82. The van der Waals surface area contributed by atoms with Gasteiger partial charge in [-0.3, -0.25) is 9.69 Å². The van der Waals surface area contributed by atoms with Crippen molar-refractivity contribution in [2.45, 2.75) is 12.1 Å². The standard InChI is InChI=1S/C21H23N5O2.ClH/c1-26-13-12-22-14-17(26)19-24-21(28-25-19)18(15-8-4-2-5-9-15)23-20(27)16-10-6-3-7-11-16;/h2-11,17-18,22H,12-14H2,1H3,(H,23,27);1H. The Bertz CT molecular complexity index is 919. The zero-order valence-electron chi connectivity index (χ0n) is 16.1. The van der Waals surface area contributed by atoms with Crippen LogP contribution in [0.5, 0.6) is 0 Å². The zero-order valence-corrected chi connectivity index (χ0v) is 16.9. The molecule has 0 spiro atoms. The van der Waals surface area contributed by atoms with E-state index in [2.05, 4.69) is 25.7 Å². The van der Waals surface area contributed by atoms with Gasteiger partial charge in [0.1, 0.15) is 6.04 Å². The lowest BCUT2D eigenvalue weighted by Gasteiger charge is -2.30. The summed E-state index contributed by atoms with van der Waals surface area (Å²) in [5, 5.41) is 10.6. The van der Waals surface area contributed by atoms with Crippen molar-refractivity contribution in [1.82, 2.24) is 25.7 Å². The summed E-state index contributed by atoms with van der Waals surface area (Å²) in [4.78, 5) is 19.6. The van der Waals surface area contributed by atoms with E-state index in [1.165, 1.54) is 0 Å². The lowest BCUT2D eigenvalue weighted by atomic mass is 10.1. The van der Waals surface area contributed by atoms with Crippen molar-refractivity contribution in [3.63, 3.8) is 0 Å². The number of amides is 1. The number of nitrogens with zero attached hydrogens (tertiary/aromatic N) is 3. The van der Waals surface area contributed by atoms with Crippen LogP contribution >= 0.6 is 12.4 Å². The fourth-order valence-corrected chi connectivity index (χ4v) is 3.33. The second kappa shape index (κ2) is 9.65. The van der Waals surface area contributed by atoms with Crippen LogP contribution < -0.4 is 10.6 Å². The van der Waals surface area contributed by atoms with E-state index in [1.54, 1.807) is 12.1 Å². The average Bonchev–Trinajstić information content (AvgIpc) is 3.23. The molecule has 0 saturated carbocycles. The van der Waals surface area contributed by atoms with E-state index in [4.69, 9.17) is 4.52 Å². The topological polar surface area (TPSA) is 83.3 Å². The quantitative estimate of drug-likeness (QED) is 0.669. The fraction of sp³-hybridized carbons (Fsp3) is 0.286. The molecule has 0 bridgehead atoms. The second-order valence-corrected chi connectivity index (χ2v) is 6.87. The Morgan fingerprint density at radius 2 is 1.86 bits per heavy atom. The number of carbonyl (C=O) groups is 1. The summed E-state index contributed by atoms with van der Waals surface area (Å²) in [5.74, 6) is 0.815. The van der Waals surface area contributed by atoms with Gasteiger partial charge in [-0.05, 0) is 24.7 Å². The van der Waals surface area contributed by atoms with Crippen molar-refractivity contribution in [3.05, 3.63) is 83.5 Å². The number of hydrogen-bond acceptors (Lipinski definition) is 6. The van der Waals surface area contributed by atoms with Crippen molar-refractivity contribution < 1.29 is 9.32 Å². The first-order chi connectivity index (χ1) is 13.7. The molecule has 4 rings (SSSR count). The summed E-state index contributed by atoms with van der Waals surface area (Å²) in [7, 11) is 2.05. The number of halogens is 1. The minimum atomic E-state index is -0.517. The van der Waals surface area contributed by atoms with Gasteiger partial charge in [-0.25, -0.2) is 0 Å². The first-order valence-corrected chi connectivity index (χ1v) is 9.37. The van der Waals surface area contributed by atoms with Crippen molar-refractivity contribution in [3.8, 4) is 0 Å². The maximum atomic E-state index is 12.7. The molecule has 8 heteroatoms. The Morgan fingerprint density at radius 3 is 2.55 bits per heavy atom. The molecule has 7 nitrogen and oxygen atoms in total. The van der Waals surface area contributed by atoms with E-state index in [9.17, 15) is 4.79 Å². The molecule has 1 aromatic heterocycles. The smallest absolute Gasteiger partial charge is 0.253 e. The molecule has 2 atom stereocenters. The Hall–Kier alpha value is -2.74. The molecule has 0 radical (unpaired) electrons. The number of rotatable bonds is 5. The molecule has 1 saturated heterocycles. The van der Waals surface area contributed by atoms with Crippen molar-refractivity contribution in [1.29, 1.82) is 0 Å². The summed E-state index contributed by atoms with van der Waals surface area (Å²) in [6.07, 6.45) is 0. The third-order valence-corrected chi connectivity index (χ3v) is 4.96. The lowest BCUT2D eigenvalue weighted by molar-refractivity contribution is 0.0936. The van der Waals surface area contributed by atoms with Crippen LogP contribution in [0.3, 0.4) is 0 Å². The number of hydrogen-bond donors (Lipinski definition) is 2. The highest BCUT2D eigenvalue weighted by Gasteiger charge is 2.29. The summed E-state index contributed by atoms with van der Waals surface area (Å²) >= 11 is 0. The average molecular weight is 414 g/mol. The van der Waals surface area contributed by atoms with Gasteiger partial charge in [0, 0.05) is 25.2 Å². The number of benzene rings is 2. The van der Waals surface area contributed by atoms with Crippen molar-refractivity contribution in [2.75, 3.05) is 26.7 Å². The Morgan fingerprint density at radius 1 is 1.17 bits per heavy atom. The second-order valence-electron chi connectivity index (χ2n) is 6.87. The van der Waals surface area contributed by atoms with Gasteiger partial charge in [0.25, 0.3) is 11.8 Å². The Kier molecular flexibility index (Phi) is 6.98. The molecule has 3 aromatic rings. The summed E-state index contributed by atoms with van der Waals surface area (Å²) in [5.41, 5.74) is 1.47. The molecule has 1 aliphatic rings. The van der Waals surface area contributed by atoms with Gasteiger partial charge in [-0.2, -0.15) is 4.98 Å². The highest BCUT2D eigenvalue weighted by Crippen LogP contribution is 2.24. The maximum absolute atomic E-state index is 12.7. The Balaban J connectivity index is 0.00000240. The molecule has 152 valence electrons. The zero-order chi connectivity index (χ0) is 19.3. The predicted molar refractivity (Wildman–Crippen MR) is 112 cm³/mol. The molecule has 29 heavy (non-hydrogen) atoms. The van der Waals surface area contributed by atoms with Crippen LogP contribution in [0.15, 0.2) is 65.2 Å². The van der Waals surface area contributed by atoms with Gasteiger partial charge in [-0.15, -0.1) is 12.4 Å². The van der Waals surface area contributed by atoms with Crippen LogP contribution in [0.25, 0.3) is 0 Å². The van der Waals surface area contributed by atoms with E-state index in [1.807, 2.05) is 55.6 Å². The summed E-state index contributed by atoms with van der Waals surface area (Å²) in [6, 6.07) is 18.3. The number of carbonyl (C=O) groups excluding carboxylic acids is 1. The van der Waals surface area contributed by atoms with Crippen LogP contribution in [-0.4, -0.2) is 47.6 Å². The van der Waals surface area contributed by atoms with E-state index in [0.717, 1.165) is 25.2 Å². The van der Waals surface area contributed by atoms with Gasteiger partial charge in [0.15, 0.2) is 5.82 Å².